The number of hydrogen-bond donors (Lipinski definition) is 1. The highest BCUT2D eigenvalue weighted by Crippen LogP contribution is 2.24. The van der Waals surface area contributed by atoms with Crippen LogP contribution in [0.5, 0.6) is 0 Å². The van der Waals surface area contributed by atoms with Crippen LogP contribution in [-0.2, 0) is 6.42 Å². The van der Waals surface area contributed by atoms with Crippen LogP contribution in [0.3, 0.4) is 0 Å². The van der Waals surface area contributed by atoms with Gasteiger partial charge in [0.1, 0.15) is 5.82 Å². The van der Waals surface area contributed by atoms with Crippen molar-refractivity contribution in [1.82, 2.24) is 5.32 Å². The maximum absolute atomic E-state index is 13.5. The summed E-state index contributed by atoms with van der Waals surface area (Å²) < 4.78 is 13.5. The topological polar surface area (TPSA) is 12.0 Å². The van der Waals surface area contributed by atoms with Gasteiger partial charge in [0, 0.05) is 12.0 Å². The Morgan fingerprint density at radius 3 is 2.69 bits per heavy atom. The fraction of sp³-hybridized carbons (Fsp3) is 0.429. The minimum absolute atomic E-state index is 0.0990. The Kier molecular flexibility index (Phi) is 4.69. The van der Waals surface area contributed by atoms with Gasteiger partial charge >= 0.3 is 0 Å². The predicted octanol–water partition coefficient (Wildman–Crippen LogP) is 3.17. The molecule has 1 atom stereocenters. The summed E-state index contributed by atoms with van der Waals surface area (Å²) >= 11 is 0. The summed E-state index contributed by atoms with van der Waals surface area (Å²) in [6, 6.07) is 6.93. The Hall–Kier alpha value is -1.15. The fourth-order valence-electron chi connectivity index (χ4n) is 1.69. The van der Waals surface area contributed by atoms with Crippen LogP contribution in [0.2, 0.25) is 0 Å². The Balaban J connectivity index is 2.76. The van der Waals surface area contributed by atoms with Crippen molar-refractivity contribution < 1.29 is 4.39 Å². The molecule has 1 nitrogen and oxygen atoms in total. The molecule has 0 aromatic heterocycles. The van der Waals surface area contributed by atoms with Crippen LogP contribution in [-0.4, -0.2) is 13.1 Å². The third kappa shape index (κ3) is 3.46. The van der Waals surface area contributed by atoms with Gasteiger partial charge in [0.25, 0.3) is 0 Å². The van der Waals surface area contributed by atoms with Crippen LogP contribution in [0.25, 0.3) is 0 Å². The number of halogens is 1. The molecule has 1 unspecified atom stereocenters. The molecule has 0 aliphatic carbocycles. The second-order valence-corrected chi connectivity index (χ2v) is 4.41. The number of hydrogen-bond acceptors (Lipinski definition) is 1. The summed E-state index contributed by atoms with van der Waals surface area (Å²) in [5.74, 6) is -0.132. The quantitative estimate of drug-likeness (QED) is 0.728. The Morgan fingerprint density at radius 2 is 2.12 bits per heavy atom. The van der Waals surface area contributed by atoms with Crippen molar-refractivity contribution in [1.29, 1.82) is 0 Å². The molecule has 0 aliphatic rings. The molecule has 0 radical (unpaired) electrons. The number of rotatable bonds is 6. The molecule has 16 heavy (non-hydrogen) atoms. The van der Waals surface area contributed by atoms with Crippen LogP contribution in [0.15, 0.2) is 36.9 Å². The molecule has 1 aromatic rings. The number of nitrogens with one attached hydrogen (secondary N) is 1. The first-order valence-electron chi connectivity index (χ1n) is 5.69. The van der Waals surface area contributed by atoms with Gasteiger partial charge < -0.3 is 5.32 Å². The van der Waals surface area contributed by atoms with Gasteiger partial charge in [0.15, 0.2) is 0 Å². The normalized spacial score (nSPS) is 14.4. The van der Waals surface area contributed by atoms with Crippen molar-refractivity contribution in [3.63, 3.8) is 0 Å². The molecule has 1 rings (SSSR count). The molecule has 0 spiro atoms. The maximum Gasteiger partial charge on any atom is 0.126 e. The largest absolute Gasteiger partial charge is 0.316 e. The lowest BCUT2D eigenvalue weighted by Gasteiger charge is -2.26. The van der Waals surface area contributed by atoms with E-state index in [0.29, 0.717) is 6.42 Å². The lowest BCUT2D eigenvalue weighted by Crippen LogP contribution is -2.32. The summed E-state index contributed by atoms with van der Waals surface area (Å²) in [6.07, 6.45) is 2.58. The minimum Gasteiger partial charge on any atom is -0.316 e. The zero-order valence-corrected chi connectivity index (χ0v) is 10.1. The molecular weight excluding hydrogens is 201 g/mol. The Morgan fingerprint density at radius 1 is 1.44 bits per heavy atom. The Labute approximate surface area is 97.4 Å². The molecule has 0 saturated heterocycles. The molecular formula is C14H20FN. The molecule has 88 valence electrons. The minimum atomic E-state index is -0.132. The molecule has 0 fully saturated rings. The molecule has 0 amide bonds. The van der Waals surface area contributed by atoms with Gasteiger partial charge in [-0.1, -0.05) is 38.1 Å². The van der Waals surface area contributed by atoms with Crippen LogP contribution >= 0.6 is 0 Å². The van der Waals surface area contributed by atoms with E-state index in [1.807, 2.05) is 18.2 Å². The van der Waals surface area contributed by atoms with E-state index >= 15 is 0 Å². The second-order valence-electron chi connectivity index (χ2n) is 4.41. The highest BCUT2D eigenvalue weighted by atomic mass is 19.1. The molecule has 2 heteroatoms. The first-order valence-corrected chi connectivity index (χ1v) is 5.69. The van der Waals surface area contributed by atoms with Crippen molar-refractivity contribution in [2.75, 3.05) is 13.1 Å². The van der Waals surface area contributed by atoms with Gasteiger partial charge in [-0.25, -0.2) is 4.39 Å². The van der Waals surface area contributed by atoms with Gasteiger partial charge in [-0.3, -0.25) is 0 Å². The van der Waals surface area contributed by atoms with Gasteiger partial charge in [-0.05, 0) is 24.6 Å². The van der Waals surface area contributed by atoms with E-state index in [1.54, 1.807) is 6.07 Å². The van der Waals surface area contributed by atoms with E-state index < -0.39 is 0 Å². The molecule has 0 heterocycles. The van der Waals surface area contributed by atoms with E-state index in [2.05, 4.69) is 25.7 Å². The lowest BCUT2D eigenvalue weighted by molar-refractivity contribution is 0.389. The molecule has 0 aliphatic heterocycles. The van der Waals surface area contributed by atoms with Crippen LogP contribution in [0.4, 0.5) is 4.39 Å². The fourth-order valence-corrected chi connectivity index (χ4v) is 1.69. The molecule has 1 N–H and O–H groups in total. The zero-order valence-electron chi connectivity index (χ0n) is 10.1. The van der Waals surface area contributed by atoms with Crippen LogP contribution in [0, 0.1) is 11.2 Å². The van der Waals surface area contributed by atoms with Gasteiger partial charge in [0.2, 0.25) is 0 Å². The average molecular weight is 221 g/mol. The molecule has 1 aromatic carbocycles. The van der Waals surface area contributed by atoms with Crippen LogP contribution in [0.1, 0.15) is 19.4 Å². The smallest absolute Gasteiger partial charge is 0.126 e. The summed E-state index contributed by atoms with van der Waals surface area (Å²) in [4.78, 5) is 0. The van der Waals surface area contributed by atoms with Crippen molar-refractivity contribution in [2.24, 2.45) is 5.41 Å². The highest BCUT2D eigenvalue weighted by Gasteiger charge is 2.21. The maximum atomic E-state index is 13.5. The monoisotopic (exact) mass is 221 g/mol. The average Bonchev–Trinajstić information content (AvgIpc) is 2.30. The predicted molar refractivity (Wildman–Crippen MR) is 67.0 cm³/mol. The van der Waals surface area contributed by atoms with Gasteiger partial charge in [-0.15, -0.1) is 6.58 Å². The third-order valence-electron chi connectivity index (χ3n) is 2.82. The van der Waals surface area contributed by atoms with E-state index in [4.69, 9.17) is 0 Å². The van der Waals surface area contributed by atoms with Crippen molar-refractivity contribution >= 4 is 0 Å². The third-order valence-corrected chi connectivity index (χ3v) is 2.82. The van der Waals surface area contributed by atoms with Crippen molar-refractivity contribution in [3.8, 4) is 0 Å². The summed E-state index contributed by atoms with van der Waals surface area (Å²) in [5, 5.41) is 3.29. The highest BCUT2D eigenvalue weighted by molar-refractivity contribution is 5.20. The first-order chi connectivity index (χ1) is 7.61. The SMILES string of the molecule is C=CC(C)(CNCC)Cc1ccccc1F. The molecule has 0 bridgehead atoms. The van der Waals surface area contributed by atoms with E-state index in [0.717, 1.165) is 18.7 Å². The Bertz CT molecular complexity index is 348. The first kappa shape index (κ1) is 12.9. The second kappa shape index (κ2) is 5.80. The van der Waals surface area contributed by atoms with Gasteiger partial charge in [-0.2, -0.15) is 0 Å². The lowest BCUT2D eigenvalue weighted by atomic mass is 9.83. The van der Waals surface area contributed by atoms with E-state index in [-0.39, 0.29) is 11.2 Å². The van der Waals surface area contributed by atoms with Crippen molar-refractivity contribution in [2.45, 2.75) is 20.3 Å². The van der Waals surface area contributed by atoms with Gasteiger partial charge in [0.05, 0.1) is 0 Å². The van der Waals surface area contributed by atoms with E-state index in [1.165, 1.54) is 6.07 Å². The number of benzene rings is 1. The zero-order chi connectivity index (χ0) is 12.0. The van der Waals surface area contributed by atoms with Crippen molar-refractivity contribution in [3.05, 3.63) is 48.3 Å². The molecule has 0 saturated carbocycles. The summed E-state index contributed by atoms with van der Waals surface area (Å²) in [7, 11) is 0. The van der Waals surface area contributed by atoms with E-state index in [9.17, 15) is 4.39 Å². The standard InChI is InChI=1S/C14H20FN/c1-4-14(3,11-16-5-2)10-12-8-6-7-9-13(12)15/h4,6-9,16H,1,5,10-11H2,2-3H3. The van der Waals surface area contributed by atoms with Crippen LogP contribution < -0.4 is 5.32 Å². The summed E-state index contributed by atoms with van der Waals surface area (Å²) in [6.45, 7) is 9.74. The summed E-state index contributed by atoms with van der Waals surface area (Å²) in [5.41, 5.74) is 0.654.